The maximum Gasteiger partial charge on any atom is 0.161 e. The van der Waals surface area contributed by atoms with E-state index in [-0.39, 0.29) is 11.5 Å². The van der Waals surface area contributed by atoms with E-state index in [1.54, 1.807) is 26.5 Å². The molecule has 2 aromatic carbocycles. The van der Waals surface area contributed by atoms with Gasteiger partial charge >= 0.3 is 0 Å². The molecule has 6 heteroatoms. The highest BCUT2D eigenvalue weighted by Crippen LogP contribution is 2.27. The fraction of sp³-hybridized carbons (Fsp3) is 0.188. The van der Waals surface area contributed by atoms with Gasteiger partial charge < -0.3 is 25.1 Å². The first kappa shape index (κ1) is 15.5. The van der Waals surface area contributed by atoms with E-state index in [1.807, 2.05) is 18.2 Å². The molecule has 0 heterocycles. The standard InChI is InChI=1S/C16H18N2O4/c1-21-15-6-4-12(8-16(15)22-2)10-18-17-9-11-3-5-13(19)14(20)7-11/h3-9,18-20H,10H2,1-2H3/b17-9-. The van der Waals surface area contributed by atoms with Crippen LogP contribution in [0.15, 0.2) is 41.5 Å². The summed E-state index contributed by atoms with van der Waals surface area (Å²) in [6, 6.07) is 10.1. The van der Waals surface area contributed by atoms with Crippen LogP contribution >= 0.6 is 0 Å². The van der Waals surface area contributed by atoms with E-state index in [2.05, 4.69) is 10.5 Å². The van der Waals surface area contributed by atoms with Crippen LogP contribution in [0.25, 0.3) is 0 Å². The van der Waals surface area contributed by atoms with Gasteiger partial charge in [-0.3, -0.25) is 0 Å². The molecule has 2 aromatic rings. The number of hydrogen-bond acceptors (Lipinski definition) is 6. The molecule has 0 aliphatic carbocycles. The number of benzene rings is 2. The van der Waals surface area contributed by atoms with Crippen LogP contribution in [0.3, 0.4) is 0 Å². The SMILES string of the molecule is COc1ccc(CN/N=C\c2ccc(O)c(O)c2)cc1OC. The summed E-state index contributed by atoms with van der Waals surface area (Å²) in [5.41, 5.74) is 4.57. The summed E-state index contributed by atoms with van der Waals surface area (Å²) in [6.45, 7) is 0.515. The Morgan fingerprint density at radius 2 is 1.77 bits per heavy atom. The zero-order chi connectivity index (χ0) is 15.9. The van der Waals surface area contributed by atoms with Crippen molar-refractivity contribution in [2.24, 2.45) is 5.10 Å². The first-order valence-electron chi connectivity index (χ1n) is 6.63. The van der Waals surface area contributed by atoms with E-state index in [1.165, 1.54) is 12.1 Å². The van der Waals surface area contributed by atoms with Crippen LogP contribution < -0.4 is 14.9 Å². The summed E-state index contributed by atoms with van der Waals surface area (Å²) in [7, 11) is 3.18. The van der Waals surface area contributed by atoms with Gasteiger partial charge in [0.15, 0.2) is 23.0 Å². The van der Waals surface area contributed by atoms with Crippen molar-refractivity contribution in [1.29, 1.82) is 0 Å². The molecular formula is C16H18N2O4. The van der Waals surface area contributed by atoms with Gasteiger partial charge in [-0.05, 0) is 41.5 Å². The third kappa shape index (κ3) is 3.82. The largest absolute Gasteiger partial charge is 0.504 e. The topological polar surface area (TPSA) is 83.3 Å². The lowest BCUT2D eigenvalue weighted by Gasteiger charge is -2.09. The normalized spacial score (nSPS) is 10.6. The summed E-state index contributed by atoms with van der Waals surface area (Å²) in [5.74, 6) is 1.00. The van der Waals surface area contributed by atoms with E-state index in [4.69, 9.17) is 9.47 Å². The van der Waals surface area contributed by atoms with Crippen molar-refractivity contribution in [3.63, 3.8) is 0 Å². The molecule has 0 unspecified atom stereocenters. The Morgan fingerprint density at radius 3 is 2.45 bits per heavy atom. The lowest BCUT2D eigenvalue weighted by molar-refractivity contribution is 0.354. The van der Waals surface area contributed by atoms with Crippen LogP contribution in [0.2, 0.25) is 0 Å². The van der Waals surface area contributed by atoms with Crippen LogP contribution in [0.4, 0.5) is 0 Å². The number of phenols is 2. The molecule has 0 amide bonds. The van der Waals surface area contributed by atoms with Gasteiger partial charge in [0.25, 0.3) is 0 Å². The molecule has 0 aliphatic heterocycles. The molecule has 0 aliphatic rings. The smallest absolute Gasteiger partial charge is 0.161 e. The Labute approximate surface area is 128 Å². The number of aromatic hydroxyl groups is 2. The summed E-state index contributed by atoms with van der Waals surface area (Å²) in [6.07, 6.45) is 1.56. The molecule has 0 spiro atoms. The third-order valence-corrected chi connectivity index (χ3v) is 3.04. The molecular weight excluding hydrogens is 284 g/mol. The average molecular weight is 302 g/mol. The Balaban J connectivity index is 1.95. The number of nitrogens with one attached hydrogen (secondary N) is 1. The van der Waals surface area contributed by atoms with E-state index in [0.29, 0.717) is 23.6 Å². The fourth-order valence-electron chi connectivity index (χ4n) is 1.87. The molecule has 0 radical (unpaired) electrons. The van der Waals surface area contributed by atoms with Gasteiger partial charge in [-0.15, -0.1) is 0 Å². The van der Waals surface area contributed by atoms with Gasteiger partial charge in [0.05, 0.1) is 27.0 Å². The molecule has 0 bridgehead atoms. The molecule has 0 saturated heterocycles. The Bertz CT molecular complexity index is 671. The van der Waals surface area contributed by atoms with Crippen LogP contribution in [0.5, 0.6) is 23.0 Å². The lowest BCUT2D eigenvalue weighted by atomic mass is 10.2. The molecule has 2 rings (SSSR count). The molecule has 0 aromatic heterocycles. The number of phenolic OH excluding ortho intramolecular Hbond substituents is 2. The number of hydrazone groups is 1. The number of methoxy groups -OCH3 is 2. The summed E-state index contributed by atoms with van der Waals surface area (Å²) in [5, 5.41) is 22.7. The number of hydrogen-bond donors (Lipinski definition) is 3. The van der Waals surface area contributed by atoms with Crippen LogP contribution in [-0.4, -0.2) is 30.6 Å². The summed E-state index contributed by atoms with van der Waals surface area (Å²) >= 11 is 0. The second-order valence-corrected chi connectivity index (χ2v) is 4.53. The van der Waals surface area contributed by atoms with Gasteiger partial charge in [-0.25, -0.2) is 0 Å². The minimum atomic E-state index is -0.177. The monoisotopic (exact) mass is 302 g/mol. The zero-order valence-electron chi connectivity index (χ0n) is 12.4. The van der Waals surface area contributed by atoms with Crippen molar-refractivity contribution < 1.29 is 19.7 Å². The Morgan fingerprint density at radius 1 is 1.00 bits per heavy atom. The van der Waals surface area contributed by atoms with E-state index >= 15 is 0 Å². The maximum atomic E-state index is 9.38. The lowest BCUT2D eigenvalue weighted by Crippen LogP contribution is -2.06. The van der Waals surface area contributed by atoms with Crippen molar-refractivity contribution in [3.05, 3.63) is 47.5 Å². The zero-order valence-corrected chi connectivity index (χ0v) is 12.4. The quantitative estimate of drug-likeness (QED) is 0.433. The summed E-state index contributed by atoms with van der Waals surface area (Å²) < 4.78 is 10.4. The van der Waals surface area contributed by atoms with Gasteiger partial charge in [0, 0.05) is 0 Å². The third-order valence-electron chi connectivity index (χ3n) is 3.04. The van der Waals surface area contributed by atoms with E-state index < -0.39 is 0 Å². The molecule has 0 fully saturated rings. The van der Waals surface area contributed by atoms with Crippen molar-refractivity contribution in [2.45, 2.75) is 6.54 Å². The van der Waals surface area contributed by atoms with E-state index in [9.17, 15) is 10.2 Å². The predicted molar refractivity (Wildman–Crippen MR) is 83.8 cm³/mol. The molecule has 6 nitrogen and oxygen atoms in total. The highest BCUT2D eigenvalue weighted by Gasteiger charge is 2.03. The van der Waals surface area contributed by atoms with Gasteiger partial charge in [-0.2, -0.15) is 5.10 Å². The minimum Gasteiger partial charge on any atom is -0.504 e. The number of ether oxygens (including phenoxy) is 2. The van der Waals surface area contributed by atoms with Crippen LogP contribution in [0, 0.1) is 0 Å². The van der Waals surface area contributed by atoms with Crippen molar-refractivity contribution in [3.8, 4) is 23.0 Å². The van der Waals surface area contributed by atoms with Crippen LogP contribution in [0.1, 0.15) is 11.1 Å². The Hall–Kier alpha value is -2.89. The van der Waals surface area contributed by atoms with Crippen molar-refractivity contribution in [2.75, 3.05) is 14.2 Å². The number of nitrogens with zero attached hydrogens (tertiary/aromatic N) is 1. The Kier molecular flexibility index (Phi) is 5.08. The first-order valence-corrected chi connectivity index (χ1v) is 6.63. The second kappa shape index (κ2) is 7.21. The molecule has 22 heavy (non-hydrogen) atoms. The molecule has 116 valence electrons. The molecule has 3 N–H and O–H groups in total. The summed E-state index contributed by atoms with van der Waals surface area (Å²) in [4.78, 5) is 0. The van der Waals surface area contributed by atoms with E-state index in [0.717, 1.165) is 5.56 Å². The second-order valence-electron chi connectivity index (χ2n) is 4.53. The maximum absolute atomic E-state index is 9.38. The van der Waals surface area contributed by atoms with Crippen molar-refractivity contribution >= 4 is 6.21 Å². The number of rotatable bonds is 6. The van der Waals surface area contributed by atoms with Crippen LogP contribution in [-0.2, 0) is 6.54 Å². The molecule has 0 saturated carbocycles. The average Bonchev–Trinajstić information content (AvgIpc) is 2.54. The highest BCUT2D eigenvalue weighted by atomic mass is 16.5. The predicted octanol–water partition coefficient (Wildman–Crippen LogP) is 2.24. The van der Waals surface area contributed by atoms with Gasteiger partial charge in [0.2, 0.25) is 0 Å². The minimum absolute atomic E-state index is 0.157. The first-order chi connectivity index (χ1) is 10.6. The molecule has 0 atom stereocenters. The highest BCUT2D eigenvalue weighted by molar-refractivity contribution is 5.80. The van der Waals surface area contributed by atoms with Gasteiger partial charge in [0.1, 0.15) is 0 Å². The fourth-order valence-corrected chi connectivity index (χ4v) is 1.87. The van der Waals surface area contributed by atoms with Crippen molar-refractivity contribution in [1.82, 2.24) is 5.43 Å². The van der Waals surface area contributed by atoms with Gasteiger partial charge in [-0.1, -0.05) is 6.07 Å².